The van der Waals surface area contributed by atoms with E-state index in [1.165, 1.54) is 6.33 Å². The maximum Gasteiger partial charge on any atom is 0.227 e. The Bertz CT molecular complexity index is 617. The molecule has 0 unspecified atom stereocenters. The Kier molecular flexibility index (Phi) is 4.51. The first-order valence-electron chi connectivity index (χ1n) is 6.48. The van der Waals surface area contributed by atoms with Crippen molar-refractivity contribution in [1.29, 1.82) is 5.26 Å². The fourth-order valence-corrected chi connectivity index (χ4v) is 1.67. The highest BCUT2D eigenvalue weighted by atomic mass is 16.5. The van der Waals surface area contributed by atoms with E-state index < -0.39 is 0 Å². The minimum Gasteiger partial charge on any atom is -0.439 e. The second-order valence-corrected chi connectivity index (χ2v) is 4.32. The number of benzene rings is 1. The van der Waals surface area contributed by atoms with Crippen LogP contribution in [0, 0.1) is 18.3 Å². The number of nitrogens with one attached hydrogen (secondary N) is 1. The largest absolute Gasteiger partial charge is 0.439 e. The van der Waals surface area contributed by atoms with E-state index in [1.54, 1.807) is 24.3 Å². The molecule has 5 nitrogen and oxygen atoms in total. The quantitative estimate of drug-likeness (QED) is 0.901. The molecule has 102 valence electrons. The highest BCUT2D eigenvalue weighted by molar-refractivity contribution is 5.48. The standard InChI is InChI=1S/C15H16N4O/c1-3-8-17-14-11(2)15(19-10-18-14)20-13-6-4-12(9-16)5-7-13/h4-7,10H,3,8H2,1-2H3,(H,17,18,19). The fourth-order valence-electron chi connectivity index (χ4n) is 1.67. The number of ether oxygens (including phenoxy) is 1. The van der Waals surface area contributed by atoms with Crippen LogP contribution in [0.25, 0.3) is 0 Å². The second-order valence-electron chi connectivity index (χ2n) is 4.32. The molecule has 0 saturated carbocycles. The molecule has 0 bridgehead atoms. The number of nitrogens with zero attached hydrogens (tertiary/aromatic N) is 3. The summed E-state index contributed by atoms with van der Waals surface area (Å²) in [7, 11) is 0. The minimum atomic E-state index is 0.517. The average molecular weight is 268 g/mol. The summed E-state index contributed by atoms with van der Waals surface area (Å²) in [6, 6.07) is 8.99. The molecule has 20 heavy (non-hydrogen) atoms. The first kappa shape index (κ1) is 13.8. The van der Waals surface area contributed by atoms with E-state index in [0.29, 0.717) is 17.2 Å². The summed E-state index contributed by atoms with van der Waals surface area (Å²) in [5, 5.41) is 12.0. The summed E-state index contributed by atoms with van der Waals surface area (Å²) in [4.78, 5) is 8.35. The molecule has 1 heterocycles. The van der Waals surface area contributed by atoms with E-state index >= 15 is 0 Å². The van der Waals surface area contributed by atoms with Crippen LogP contribution >= 0.6 is 0 Å². The van der Waals surface area contributed by atoms with Gasteiger partial charge in [0, 0.05) is 6.54 Å². The fraction of sp³-hybridized carbons (Fsp3) is 0.267. The molecule has 1 N–H and O–H groups in total. The van der Waals surface area contributed by atoms with E-state index in [2.05, 4.69) is 28.3 Å². The Labute approximate surface area is 118 Å². The van der Waals surface area contributed by atoms with E-state index in [9.17, 15) is 0 Å². The van der Waals surface area contributed by atoms with Crippen LogP contribution in [0.15, 0.2) is 30.6 Å². The zero-order valence-corrected chi connectivity index (χ0v) is 11.6. The van der Waals surface area contributed by atoms with Crippen molar-refractivity contribution in [3.05, 3.63) is 41.7 Å². The molecule has 5 heteroatoms. The first-order chi connectivity index (χ1) is 9.74. The smallest absolute Gasteiger partial charge is 0.227 e. The molecular formula is C15H16N4O. The first-order valence-corrected chi connectivity index (χ1v) is 6.48. The topological polar surface area (TPSA) is 70.8 Å². The summed E-state index contributed by atoms with van der Waals surface area (Å²) in [5.74, 6) is 1.95. The number of aromatic nitrogens is 2. The maximum atomic E-state index is 8.76. The highest BCUT2D eigenvalue weighted by Gasteiger charge is 2.08. The van der Waals surface area contributed by atoms with Crippen molar-refractivity contribution in [2.45, 2.75) is 20.3 Å². The van der Waals surface area contributed by atoms with Gasteiger partial charge in [-0.1, -0.05) is 6.92 Å². The van der Waals surface area contributed by atoms with Gasteiger partial charge in [-0.3, -0.25) is 0 Å². The normalized spacial score (nSPS) is 9.85. The minimum absolute atomic E-state index is 0.517. The molecule has 0 atom stereocenters. The van der Waals surface area contributed by atoms with Gasteiger partial charge < -0.3 is 10.1 Å². The molecule has 1 aromatic carbocycles. The van der Waals surface area contributed by atoms with Crippen molar-refractivity contribution >= 4 is 5.82 Å². The molecule has 0 radical (unpaired) electrons. The van der Waals surface area contributed by atoms with Crippen LogP contribution in [-0.2, 0) is 0 Å². The Morgan fingerprint density at radius 2 is 2.00 bits per heavy atom. The molecule has 0 aliphatic carbocycles. The van der Waals surface area contributed by atoms with Gasteiger partial charge in [0.1, 0.15) is 17.9 Å². The second kappa shape index (κ2) is 6.53. The van der Waals surface area contributed by atoms with Crippen molar-refractivity contribution in [3.63, 3.8) is 0 Å². The highest BCUT2D eigenvalue weighted by Crippen LogP contribution is 2.26. The van der Waals surface area contributed by atoms with Gasteiger partial charge in [-0.25, -0.2) is 9.97 Å². The molecule has 2 rings (SSSR count). The number of hydrogen-bond acceptors (Lipinski definition) is 5. The van der Waals surface area contributed by atoms with E-state index in [0.717, 1.165) is 24.3 Å². The van der Waals surface area contributed by atoms with Gasteiger partial charge in [0.2, 0.25) is 5.88 Å². The van der Waals surface area contributed by atoms with Crippen LogP contribution in [0.5, 0.6) is 11.6 Å². The van der Waals surface area contributed by atoms with Gasteiger partial charge in [-0.2, -0.15) is 5.26 Å². The summed E-state index contributed by atoms with van der Waals surface area (Å²) in [6.07, 6.45) is 2.50. The average Bonchev–Trinajstić information content (AvgIpc) is 2.49. The number of hydrogen-bond donors (Lipinski definition) is 1. The third-order valence-corrected chi connectivity index (χ3v) is 2.78. The molecule has 0 spiro atoms. The summed E-state index contributed by atoms with van der Waals surface area (Å²) in [6.45, 7) is 4.86. The molecule has 1 aromatic heterocycles. The Balaban J connectivity index is 2.18. The monoisotopic (exact) mass is 268 g/mol. The number of anilines is 1. The molecule has 0 aliphatic heterocycles. The number of rotatable bonds is 5. The lowest BCUT2D eigenvalue weighted by Crippen LogP contribution is -2.05. The van der Waals surface area contributed by atoms with Crippen molar-refractivity contribution in [3.8, 4) is 17.7 Å². The lowest BCUT2D eigenvalue weighted by atomic mass is 10.2. The van der Waals surface area contributed by atoms with Crippen molar-refractivity contribution in [2.75, 3.05) is 11.9 Å². The molecule has 0 fully saturated rings. The third-order valence-electron chi connectivity index (χ3n) is 2.78. The van der Waals surface area contributed by atoms with Gasteiger partial charge in [0.05, 0.1) is 17.2 Å². The van der Waals surface area contributed by atoms with Crippen LogP contribution in [0.2, 0.25) is 0 Å². The number of nitriles is 1. The van der Waals surface area contributed by atoms with Gasteiger partial charge >= 0.3 is 0 Å². The van der Waals surface area contributed by atoms with Crippen LogP contribution in [0.4, 0.5) is 5.82 Å². The molecule has 0 amide bonds. The van der Waals surface area contributed by atoms with Crippen LogP contribution < -0.4 is 10.1 Å². The van der Waals surface area contributed by atoms with Gasteiger partial charge in [0.15, 0.2) is 0 Å². The zero-order valence-electron chi connectivity index (χ0n) is 11.6. The Morgan fingerprint density at radius 3 is 2.65 bits per heavy atom. The Morgan fingerprint density at radius 1 is 1.25 bits per heavy atom. The molecule has 0 aliphatic rings. The summed E-state index contributed by atoms with van der Waals surface area (Å²) in [5.41, 5.74) is 1.47. The lowest BCUT2D eigenvalue weighted by molar-refractivity contribution is 0.457. The van der Waals surface area contributed by atoms with Crippen molar-refractivity contribution in [1.82, 2.24) is 9.97 Å². The van der Waals surface area contributed by atoms with Crippen LogP contribution in [0.1, 0.15) is 24.5 Å². The van der Waals surface area contributed by atoms with Crippen LogP contribution in [0.3, 0.4) is 0 Å². The van der Waals surface area contributed by atoms with Crippen molar-refractivity contribution in [2.24, 2.45) is 0 Å². The predicted octanol–water partition coefficient (Wildman–Crippen LogP) is 3.27. The Hall–Kier alpha value is -2.61. The molecular weight excluding hydrogens is 252 g/mol. The molecule has 0 saturated heterocycles. The predicted molar refractivity (Wildman–Crippen MR) is 76.8 cm³/mol. The van der Waals surface area contributed by atoms with E-state index in [1.807, 2.05) is 6.92 Å². The summed E-state index contributed by atoms with van der Waals surface area (Å²) >= 11 is 0. The van der Waals surface area contributed by atoms with Crippen molar-refractivity contribution < 1.29 is 4.74 Å². The van der Waals surface area contributed by atoms with Gasteiger partial charge in [0.25, 0.3) is 0 Å². The lowest BCUT2D eigenvalue weighted by Gasteiger charge is -2.11. The maximum absolute atomic E-state index is 8.76. The molecule has 2 aromatic rings. The van der Waals surface area contributed by atoms with Crippen LogP contribution in [-0.4, -0.2) is 16.5 Å². The van der Waals surface area contributed by atoms with Gasteiger partial charge in [-0.15, -0.1) is 0 Å². The summed E-state index contributed by atoms with van der Waals surface area (Å²) < 4.78 is 5.73. The third kappa shape index (κ3) is 3.23. The van der Waals surface area contributed by atoms with E-state index in [-0.39, 0.29) is 0 Å². The van der Waals surface area contributed by atoms with E-state index in [4.69, 9.17) is 10.00 Å². The SMILES string of the molecule is CCCNc1ncnc(Oc2ccc(C#N)cc2)c1C. The zero-order chi connectivity index (χ0) is 14.4. The van der Waals surface area contributed by atoms with Gasteiger partial charge in [-0.05, 0) is 37.6 Å².